The third-order valence-electron chi connectivity index (χ3n) is 3.71. The van der Waals surface area contributed by atoms with Crippen molar-refractivity contribution in [1.29, 1.82) is 0 Å². The van der Waals surface area contributed by atoms with Crippen molar-refractivity contribution in [2.75, 3.05) is 19.6 Å². The molecule has 1 aromatic heterocycles. The van der Waals surface area contributed by atoms with Crippen molar-refractivity contribution in [3.05, 3.63) is 21.4 Å². The predicted molar refractivity (Wildman–Crippen MR) is 81.2 cm³/mol. The van der Waals surface area contributed by atoms with Crippen LogP contribution in [0.15, 0.2) is 6.07 Å². The Bertz CT molecular complexity index is 490. The van der Waals surface area contributed by atoms with E-state index in [2.05, 4.69) is 12.2 Å². The largest absolute Gasteiger partial charge is 0.351 e. The van der Waals surface area contributed by atoms with Crippen molar-refractivity contribution < 1.29 is 9.59 Å². The summed E-state index contributed by atoms with van der Waals surface area (Å²) >= 11 is 1.52. The maximum Gasteiger partial charge on any atom is 0.261 e. The summed E-state index contributed by atoms with van der Waals surface area (Å²) in [7, 11) is 0. The molecule has 0 spiro atoms. The van der Waals surface area contributed by atoms with Crippen LogP contribution in [0.4, 0.5) is 0 Å². The van der Waals surface area contributed by atoms with E-state index < -0.39 is 0 Å². The Balaban J connectivity index is 1.78. The van der Waals surface area contributed by atoms with E-state index in [-0.39, 0.29) is 11.8 Å². The molecule has 1 fully saturated rings. The highest BCUT2D eigenvalue weighted by Crippen LogP contribution is 2.21. The van der Waals surface area contributed by atoms with E-state index in [9.17, 15) is 9.59 Å². The number of carbonyl (C=O) groups is 2. The molecule has 0 unspecified atom stereocenters. The number of rotatable bonds is 5. The average molecular weight is 294 g/mol. The molecule has 0 atom stereocenters. The lowest BCUT2D eigenvalue weighted by atomic mass is 10.2. The number of nitrogens with zero attached hydrogens (tertiary/aromatic N) is 1. The van der Waals surface area contributed by atoms with Crippen molar-refractivity contribution in [3.63, 3.8) is 0 Å². The van der Waals surface area contributed by atoms with E-state index in [1.54, 1.807) is 0 Å². The number of carbonyl (C=O) groups excluding carboxylic acids is 2. The standard InChI is InChI=1S/C15H22N2O2S/c1-3-12-10-13(20-11(12)2)15(19)16-7-6-14(18)17-8-4-5-9-17/h10H,3-9H2,1-2H3,(H,16,19). The zero-order valence-electron chi connectivity index (χ0n) is 12.2. The normalized spacial score (nSPS) is 14.6. The number of amides is 2. The van der Waals surface area contributed by atoms with Gasteiger partial charge >= 0.3 is 0 Å². The van der Waals surface area contributed by atoms with Crippen LogP contribution in [0.1, 0.15) is 46.3 Å². The third-order valence-corrected chi connectivity index (χ3v) is 4.80. The van der Waals surface area contributed by atoms with E-state index in [4.69, 9.17) is 0 Å². The molecule has 1 aliphatic heterocycles. The summed E-state index contributed by atoms with van der Waals surface area (Å²) in [6.07, 6.45) is 3.55. The quantitative estimate of drug-likeness (QED) is 0.906. The lowest BCUT2D eigenvalue weighted by Crippen LogP contribution is -2.32. The zero-order valence-corrected chi connectivity index (χ0v) is 13.0. The van der Waals surface area contributed by atoms with Gasteiger partial charge in [-0.15, -0.1) is 11.3 Å². The van der Waals surface area contributed by atoms with E-state index in [0.717, 1.165) is 37.2 Å². The number of likely N-dealkylation sites (tertiary alicyclic amines) is 1. The Morgan fingerprint density at radius 3 is 2.65 bits per heavy atom. The van der Waals surface area contributed by atoms with Crippen LogP contribution in [0.25, 0.3) is 0 Å². The minimum Gasteiger partial charge on any atom is -0.351 e. The van der Waals surface area contributed by atoms with Crippen LogP contribution >= 0.6 is 11.3 Å². The van der Waals surface area contributed by atoms with Gasteiger partial charge < -0.3 is 10.2 Å². The lowest BCUT2D eigenvalue weighted by Gasteiger charge is -2.14. The Hall–Kier alpha value is -1.36. The first kappa shape index (κ1) is 15.0. The Kier molecular flexibility index (Phi) is 5.17. The van der Waals surface area contributed by atoms with Crippen molar-refractivity contribution in [3.8, 4) is 0 Å². The van der Waals surface area contributed by atoms with E-state index in [1.807, 2.05) is 17.9 Å². The maximum absolute atomic E-state index is 12.0. The average Bonchev–Trinajstić information content (AvgIpc) is 3.07. The molecule has 0 aromatic carbocycles. The fourth-order valence-electron chi connectivity index (χ4n) is 2.48. The van der Waals surface area contributed by atoms with Crippen LogP contribution in [0.2, 0.25) is 0 Å². The molecule has 0 bridgehead atoms. The Labute approximate surface area is 124 Å². The molecule has 0 aliphatic carbocycles. The fourth-order valence-corrected chi connectivity index (χ4v) is 3.51. The molecule has 110 valence electrons. The van der Waals surface area contributed by atoms with E-state index in [1.165, 1.54) is 21.8 Å². The van der Waals surface area contributed by atoms with Gasteiger partial charge in [0.2, 0.25) is 5.91 Å². The SMILES string of the molecule is CCc1cc(C(=O)NCCC(=O)N2CCCC2)sc1C. The zero-order chi connectivity index (χ0) is 14.5. The molecule has 1 N–H and O–H groups in total. The molecule has 2 amide bonds. The van der Waals surface area contributed by atoms with Gasteiger partial charge in [-0.2, -0.15) is 0 Å². The van der Waals surface area contributed by atoms with Crippen LogP contribution in [0.5, 0.6) is 0 Å². The minimum absolute atomic E-state index is 0.0629. The van der Waals surface area contributed by atoms with Crippen LogP contribution < -0.4 is 5.32 Å². The van der Waals surface area contributed by atoms with Gasteiger partial charge in [-0.05, 0) is 37.8 Å². The molecule has 1 aliphatic rings. The second-order valence-electron chi connectivity index (χ2n) is 5.14. The van der Waals surface area contributed by atoms with Gasteiger partial charge in [0.1, 0.15) is 0 Å². The summed E-state index contributed by atoms with van der Waals surface area (Å²) in [5.41, 5.74) is 1.23. The first-order chi connectivity index (χ1) is 9.61. The number of hydrogen-bond donors (Lipinski definition) is 1. The van der Waals surface area contributed by atoms with Crippen molar-refractivity contribution >= 4 is 23.2 Å². The summed E-state index contributed by atoms with van der Waals surface area (Å²) < 4.78 is 0. The number of nitrogens with one attached hydrogen (secondary N) is 1. The third kappa shape index (κ3) is 3.60. The summed E-state index contributed by atoms with van der Waals surface area (Å²) in [5, 5.41) is 2.84. The molecule has 1 saturated heterocycles. The van der Waals surface area contributed by atoms with Gasteiger partial charge in [0.05, 0.1) is 4.88 Å². The van der Waals surface area contributed by atoms with E-state index in [0.29, 0.717) is 13.0 Å². The van der Waals surface area contributed by atoms with Crippen molar-refractivity contribution in [2.24, 2.45) is 0 Å². The Morgan fingerprint density at radius 2 is 2.05 bits per heavy atom. The fraction of sp³-hybridized carbons (Fsp3) is 0.600. The number of hydrogen-bond acceptors (Lipinski definition) is 3. The topological polar surface area (TPSA) is 49.4 Å². The van der Waals surface area contributed by atoms with Gasteiger partial charge in [-0.1, -0.05) is 6.92 Å². The van der Waals surface area contributed by atoms with Gasteiger partial charge in [0.15, 0.2) is 0 Å². The lowest BCUT2D eigenvalue weighted by molar-refractivity contribution is -0.129. The molecule has 0 radical (unpaired) electrons. The number of aryl methyl sites for hydroxylation is 2. The highest BCUT2D eigenvalue weighted by Gasteiger charge is 2.18. The summed E-state index contributed by atoms with van der Waals surface area (Å²) in [6.45, 7) is 6.29. The molecule has 1 aromatic rings. The van der Waals surface area contributed by atoms with Crippen LogP contribution in [0.3, 0.4) is 0 Å². The first-order valence-electron chi connectivity index (χ1n) is 7.27. The monoisotopic (exact) mass is 294 g/mol. The maximum atomic E-state index is 12.0. The highest BCUT2D eigenvalue weighted by atomic mass is 32.1. The molecular formula is C15H22N2O2S. The molecule has 0 saturated carbocycles. The first-order valence-corrected chi connectivity index (χ1v) is 8.08. The van der Waals surface area contributed by atoms with Crippen molar-refractivity contribution in [1.82, 2.24) is 10.2 Å². The van der Waals surface area contributed by atoms with Crippen LogP contribution in [-0.4, -0.2) is 36.3 Å². The van der Waals surface area contributed by atoms with Crippen LogP contribution in [-0.2, 0) is 11.2 Å². The molecule has 5 heteroatoms. The van der Waals surface area contributed by atoms with Crippen molar-refractivity contribution in [2.45, 2.75) is 39.5 Å². The molecule has 4 nitrogen and oxygen atoms in total. The smallest absolute Gasteiger partial charge is 0.261 e. The van der Waals surface area contributed by atoms with Crippen LogP contribution in [0, 0.1) is 6.92 Å². The predicted octanol–water partition coefficient (Wildman–Crippen LogP) is 2.36. The molecule has 20 heavy (non-hydrogen) atoms. The highest BCUT2D eigenvalue weighted by molar-refractivity contribution is 7.14. The Morgan fingerprint density at radius 1 is 1.35 bits per heavy atom. The summed E-state index contributed by atoms with van der Waals surface area (Å²) in [4.78, 5) is 27.7. The van der Waals surface area contributed by atoms with Gasteiger partial charge in [-0.3, -0.25) is 9.59 Å². The summed E-state index contributed by atoms with van der Waals surface area (Å²) in [5.74, 6) is 0.0893. The summed E-state index contributed by atoms with van der Waals surface area (Å²) in [6, 6.07) is 1.96. The van der Waals surface area contributed by atoms with Gasteiger partial charge in [0, 0.05) is 30.9 Å². The second kappa shape index (κ2) is 6.88. The molecule has 2 heterocycles. The second-order valence-corrected chi connectivity index (χ2v) is 6.40. The van der Waals surface area contributed by atoms with Gasteiger partial charge in [0.25, 0.3) is 5.91 Å². The van der Waals surface area contributed by atoms with E-state index >= 15 is 0 Å². The number of thiophene rings is 1. The minimum atomic E-state index is -0.0629. The van der Waals surface area contributed by atoms with Gasteiger partial charge in [-0.25, -0.2) is 0 Å². The molecular weight excluding hydrogens is 272 g/mol. The molecule has 2 rings (SSSR count).